The Morgan fingerprint density at radius 3 is 2.52 bits per heavy atom. The van der Waals surface area contributed by atoms with Crippen molar-refractivity contribution >= 4 is 27.5 Å². The van der Waals surface area contributed by atoms with Crippen molar-refractivity contribution in [2.24, 2.45) is 0 Å². The van der Waals surface area contributed by atoms with Crippen molar-refractivity contribution < 1.29 is 23.4 Å². The van der Waals surface area contributed by atoms with Crippen LogP contribution >= 0.6 is 11.3 Å². The van der Waals surface area contributed by atoms with Crippen molar-refractivity contribution in [1.29, 1.82) is 0 Å². The van der Waals surface area contributed by atoms with E-state index < -0.39 is 34.6 Å². The molecule has 1 aliphatic heterocycles. The van der Waals surface area contributed by atoms with E-state index in [1.165, 1.54) is 72.3 Å². The van der Waals surface area contributed by atoms with Gasteiger partial charge in [-0.15, -0.1) is 4.80 Å². The van der Waals surface area contributed by atoms with Crippen LogP contribution in [0.1, 0.15) is 57.8 Å². The molecular weight excluding hydrogens is 591 g/mol. The summed E-state index contributed by atoms with van der Waals surface area (Å²) in [4.78, 5) is 43.8. The highest BCUT2D eigenvalue weighted by molar-refractivity contribution is 7.21. The number of amides is 1. The first-order valence-corrected chi connectivity index (χ1v) is 15.3. The average Bonchev–Trinajstić information content (AvgIpc) is 3.63. The molecule has 1 atom stereocenters. The molecule has 44 heavy (non-hydrogen) atoms. The maximum atomic E-state index is 14.7. The van der Waals surface area contributed by atoms with Crippen LogP contribution in [0.5, 0.6) is 5.75 Å². The van der Waals surface area contributed by atoms with Gasteiger partial charge < -0.3 is 19.5 Å². The predicted octanol–water partition coefficient (Wildman–Crippen LogP) is 3.46. The Balaban J connectivity index is 1.77. The van der Waals surface area contributed by atoms with E-state index in [4.69, 9.17) is 14.2 Å². The van der Waals surface area contributed by atoms with Crippen molar-refractivity contribution in [3.63, 3.8) is 0 Å². The second-order valence-electron chi connectivity index (χ2n) is 11.6. The van der Waals surface area contributed by atoms with Gasteiger partial charge in [0.05, 0.1) is 37.5 Å². The maximum absolute atomic E-state index is 14.7. The first-order chi connectivity index (χ1) is 20.9. The fourth-order valence-corrected chi connectivity index (χ4v) is 6.64. The van der Waals surface area contributed by atoms with Crippen LogP contribution in [0.3, 0.4) is 0 Å². The topological polar surface area (TPSA) is 132 Å². The van der Waals surface area contributed by atoms with E-state index >= 15 is 0 Å². The molecule has 1 fully saturated rings. The van der Waals surface area contributed by atoms with Gasteiger partial charge in [-0.25, -0.2) is 13.8 Å². The number of halogens is 1. The lowest BCUT2D eigenvalue weighted by molar-refractivity contribution is -0.129. The molecule has 0 aliphatic carbocycles. The highest BCUT2D eigenvalue weighted by Gasteiger charge is 2.37. The van der Waals surface area contributed by atoms with Gasteiger partial charge in [-0.2, -0.15) is 10.2 Å². The quantitative estimate of drug-likeness (QED) is 0.283. The number of aromatic nitrogens is 5. The van der Waals surface area contributed by atoms with Gasteiger partial charge in [-0.05, 0) is 65.7 Å². The molecule has 0 radical (unpaired) electrons. The zero-order valence-electron chi connectivity index (χ0n) is 25.6. The van der Waals surface area contributed by atoms with Crippen LogP contribution in [0, 0.1) is 12.7 Å². The van der Waals surface area contributed by atoms with E-state index in [1.54, 1.807) is 20.8 Å². The number of nitrogens with zero attached hydrogens (tertiary/aromatic N) is 5. The van der Waals surface area contributed by atoms with Gasteiger partial charge in [0.1, 0.15) is 33.0 Å². The van der Waals surface area contributed by atoms with Crippen LogP contribution in [0.25, 0.3) is 15.2 Å². The smallest absolute Gasteiger partial charge is 0.333 e. The van der Waals surface area contributed by atoms with Crippen LogP contribution < -0.4 is 21.3 Å². The molecule has 12 nitrogen and oxygen atoms in total. The number of nitrogens with one attached hydrogen (secondary N) is 1. The second kappa shape index (κ2) is 12.6. The summed E-state index contributed by atoms with van der Waals surface area (Å²) in [6.07, 6.45) is 3.20. The number of hydrogen-bond donors (Lipinski definition) is 1. The summed E-state index contributed by atoms with van der Waals surface area (Å²) in [6, 6.07) is 3.92. The third-order valence-corrected chi connectivity index (χ3v) is 9.01. The molecule has 0 spiro atoms. The Bertz CT molecular complexity index is 1770. The van der Waals surface area contributed by atoms with Gasteiger partial charge in [0, 0.05) is 30.4 Å². The molecule has 4 heterocycles. The molecular formula is C30H37FN6O6S. The van der Waals surface area contributed by atoms with Crippen LogP contribution in [0.4, 0.5) is 4.39 Å². The van der Waals surface area contributed by atoms with Crippen molar-refractivity contribution in [1.82, 2.24) is 29.4 Å². The van der Waals surface area contributed by atoms with E-state index in [2.05, 4.69) is 15.5 Å². The first-order valence-electron chi connectivity index (χ1n) is 14.5. The van der Waals surface area contributed by atoms with E-state index in [-0.39, 0.29) is 24.1 Å². The van der Waals surface area contributed by atoms with E-state index in [0.29, 0.717) is 52.8 Å². The lowest BCUT2D eigenvalue weighted by atomic mass is 10.0. The predicted molar refractivity (Wildman–Crippen MR) is 163 cm³/mol. The summed E-state index contributed by atoms with van der Waals surface area (Å²) in [7, 11) is 1.48. The van der Waals surface area contributed by atoms with Crippen molar-refractivity contribution in [3.05, 3.63) is 68.4 Å². The van der Waals surface area contributed by atoms with Crippen molar-refractivity contribution in [2.75, 3.05) is 20.3 Å². The normalized spacial score (nSPS) is 15.2. The molecule has 1 aliphatic rings. The van der Waals surface area contributed by atoms with Crippen LogP contribution in [0.15, 0.2) is 40.2 Å². The molecule has 236 valence electrons. The summed E-state index contributed by atoms with van der Waals surface area (Å²) in [5.41, 5.74) is -1.90. The summed E-state index contributed by atoms with van der Waals surface area (Å²) >= 11 is 1.18. The van der Waals surface area contributed by atoms with E-state index in [1.807, 2.05) is 0 Å². The van der Waals surface area contributed by atoms with E-state index in [9.17, 15) is 18.8 Å². The number of hydrogen-bond acceptors (Lipinski definition) is 9. The lowest BCUT2D eigenvalue weighted by Gasteiger charge is -2.31. The first kappa shape index (κ1) is 31.5. The number of aryl methyl sites for hydroxylation is 1. The molecule has 5 rings (SSSR count). The van der Waals surface area contributed by atoms with Crippen LogP contribution in [-0.4, -0.2) is 62.5 Å². The Morgan fingerprint density at radius 2 is 1.89 bits per heavy atom. The molecule has 1 unspecified atom stereocenters. The second-order valence-corrected chi connectivity index (χ2v) is 12.6. The number of benzene rings is 1. The standard InChI is InChI=1S/C30H37FN6O6S/c1-17(2)34-28(39)30(4,5)36-25(38)24-18(3)26(37-32-11-12-33-37)44-27(24)35(29(36)40)16-23(43-20-9-13-42-14-10-20)21-15-19(31)7-8-22(21)41-6/h7-8,11-12,15,17,20,23H,9-10,13-14,16H2,1-6H3,(H,34,39). The number of thiophene rings is 1. The minimum Gasteiger partial charge on any atom is -0.496 e. The van der Waals surface area contributed by atoms with Gasteiger partial charge in [0.2, 0.25) is 5.91 Å². The molecule has 0 bridgehead atoms. The van der Waals surface area contributed by atoms with Crippen LogP contribution in [-0.2, 0) is 26.4 Å². The monoisotopic (exact) mass is 628 g/mol. The van der Waals surface area contributed by atoms with Crippen molar-refractivity contribution in [3.8, 4) is 10.8 Å². The fraction of sp³-hybridized carbons (Fsp3) is 0.500. The maximum Gasteiger partial charge on any atom is 0.333 e. The van der Waals surface area contributed by atoms with Gasteiger partial charge in [0.25, 0.3) is 5.56 Å². The number of methoxy groups -OCH3 is 1. The number of carbonyl (C=O) groups excluding carboxylic acids is 1. The SMILES string of the molecule is COc1ccc(F)cc1C(Cn1c(=O)n(C(C)(C)C(=O)NC(C)C)c(=O)c2c(C)c(-n3nccn3)sc21)OC1CCOCC1. The molecule has 1 saturated heterocycles. The molecule has 0 saturated carbocycles. The van der Waals surface area contributed by atoms with Gasteiger partial charge >= 0.3 is 5.69 Å². The highest BCUT2D eigenvalue weighted by Crippen LogP contribution is 2.35. The number of carbonyl (C=O) groups is 1. The summed E-state index contributed by atoms with van der Waals surface area (Å²) in [5, 5.41) is 12.1. The summed E-state index contributed by atoms with van der Waals surface area (Å²) in [6.45, 7) is 9.35. The van der Waals surface area contributed by atoms with E-state index in [0.717, 1.165) is 4.57 Å². The number of ether oxygens (including phenoxy) is 3. The Hall–Kier alpha value is -3.88. The zero-order chi connectivity index (χ0) is 31.8. The third kappa shape index (κ3) is 5.93. The summed E-state index contributed by atoms with van der Waals surface area (Å²) < 4.78 is 34.7. The Labute approximate surface area is 257 Å². The molecule has 1 amide bonds. The van der Waals surface area contributed by atoms with Gasteiger partial charge in [0.15, 0.2) is 0 Å². The van der Waals surface area contributed by atoms with Crippen molar-refractivity contribution in [2.45, 2.75) is 77.8 Å². The van der Waals surface area contributed by atoms with Gasteiger partial charge in [-0.3, -0.25) is 14.2 Å². The average molecular weight is 629 g/mol. The highest BCUT2D eigenvalue weighted by atomic mass is 32.1. The molecule has 4 aromatic rings. The Morgan fingerprint density at radius 1 is 1.20 bits per heavy atom. The molecule has 14 heteroatoms. The fourth-order valence-electron chi connectivity index (χ4n) is 5.42. The number of rotatable bonds is 10. The molecule has 3 aromatic heterocycles. The molecule has 1 N–H and O–H groups in total. The number of fused-ring (bicyclic) bond motifs is 1. The van der Waals surface area contributed by atoms with Crippen LogP contribution in [0.2, 0.25) is 0 Å². The molecule has 1 aromatic carbocycles. The summed E-state index contributed by atoms with van der Waals surface area (Å²) in [5.74, 6) is -0.586. The Kier molecular flexibility index (Phi) is 9.05. The zero-order valence-corrected chi connectivity index (χ0v) is 26.4. The van der Waals surface area contributed by atoms with Gasteiger partial charge in [-0.1, -0.05) is 11.3 Å². The minimum atomic E-state index is -1.56. The minimum absolute atomic E-state index is 0.0966. The third-order valence-electron chi connectivity index (χ3n) is 7.73. The largest absolute Gasteiger partial charge is 0.496 e. The lowest BCUT2D eigenvalue weighted by Crippen LogP contribution is -2.56.